The molecule has 190 valence electrons. The van der Waals surface area contributed by atoms with Crippen molar-refractivity contribution in [2.75, 3.05) is 19.0 Å². The Balaban J connectivity index is 1.55. The molecule has 1 aliphatic carbocycles. The molecule has 0 bridgehead atoms. The fourth-order valence-electron chi connectivity index (χ4n) is 5.37. The lowest BCUT2D eigenvalue weighted by atomic mass is 9.80. The van der Waals surface area contributed by atoms with Gasteiger partial charge in [0, 0.05) is 42.5 Å². The number of aliphatic hydroxyl groups is 1. The van der Waals surface area contributed by atoms with Gasteiger partial charge in [-0.2, -0.15) is 0 Å². The third-order valence-electron chi connectivity index (χ3n) is 7.27. The number of carbonyl (C=O) groups excluding carboxylic acids is 3. The Kier molecular flexibility index (Phi) is 6.65. The van der Waals surface area contributed by atoms with Crippen LogP contribution in [-0.4, -0.2) is 52.9 Å². The lowest BCUT2D eigenvalue weighted by Crippen LogP contribution is -2.40. The molecule has 3 aromatic rings. The van der Waals surface area contributed by atoms with Gasteiger partial charge in [-0.3, -0.25) is 19.3 Å². The molecular formula is C29H29N3O5. The lowest BCUT2D eigenvalue weighted by Gasteiger charge is -2.34. The van der Waals surface area contributed by atoms with Gasteiger partial charge >= 0.3 is 0 Å². The van der Waals surface area contributed by atoms with Gasteiger partial charge in [-0.1, -0.05) is 48.7 Å². The molecule has 1 N–H and O–H groups in total. The number of Topliss-reactive ketones (excluding diaryl/α,β-unsaturated/α-hetero) is 1. The number of aromatic nitrogens is 1. The monoisotopic (exact) mass is 499 g/mol. The second kappa shape index (κ2) is 10.0. The van der Waals surface area contributed by atoms with Gasteiger partial charge < -0.3 is 14.5 Å². The van der Waals surface area contributed by atoms with E-state index in [2.05, 4.69) is 5.16 Å². The highest BCUT2D eigenvalue weighted by Gasteiger charge is 2.49. The highest BCUT2D eigenvalue weighted by Crippen LogP contribution is 2.41. The van der Waals surface area contributed by atoms with Crippen molar-refractivity contribution in [3.05, 3.63) is 77.6 Å². The Hall–Kier alpha value is -4.20. The maximum Gasteiger partial charge on any atom is 0.299 e. The predicted molar refractivity (Wildman–Crippen MR) is 139 cm³/mol. The van der Waals surface area contributed by atoms with Crippen LogP contribution in [0, 0.1) is 5.92 Å². The number of amides is 2. The van der Waals surface area contributed by atoms with Crippen molar-refractivity contribution in [2.45, 2.75) is 38.1 Å². The number of hydrogen-bond donors (Lipinski definition) is 1. The van der Waals surface area contributed by atoms with E-state index >= 15 is 0 Å². The Morgan fingerprint density at radius 2 is 1.59 bits per heavy atom. The molecule has 1 saturated carbocycles. The standard InChI is InChI=1S/C29H29N3O5/c1-31(2)28(35)21-10-8-20(9-11-21)26(33)24-25(19-6-4-3-5-7-19)32(29(36)27(24)34)22-14-12-18(13-15-22)23-16-17-37-30-23/h8-17,19,25,33H,3-7H2,1-2H3. The second-order valence-corrected chi connectivity index (χ2v) is 9.82. The third-order valence-corrected chi connectivity index (χ3v) is 7.27. The summed E-state index contributed by atoms with van der Waals surface area (Å²) in [6, 6.07) is 14.9. The molecule has 1 aromatic heterocycles. The molecule has 0 radical (unpaired) electrons. The smallest absolute Gasteiger partial charge is 0.299 e. The molecule has 2 aromatic carbocycles. The van der Waals surface area contributed by atoms with Crippen LogP contribution in [0.1, 0.15) is 48.0 Å². The van der Waals surface area contributed by atoms with E-state index in [-0.39, 0.29) is 23.2 Å². The quantitative estimate of drug-likeness (QED) is 0.305. The third kappa shape index (κ3) is 4.55. The maximum atomic E-state index is 13.4. The number of anilines is 1. The first-order valence-electron chi connectivity index (χ1n) is 12.5. The van der Waals surface area contributed by atoms with Crippen molar-refractivity contribution < 1.29 is 24.0 Å². The van der Waals surface area contributed by atoms with Gasteiger partial charge in [0.15, 0.2) is 0 Å². The summed E-state index contributed by atoms with van der Waals surface area (Å²) < 4.78 is 4.93. The molecule has 37 heavy (non-hydrogen) atoms. The van der Waals surface area contributed by atoms with Crippen LogP contribution in [0.4, 0.5) is 5.69 Å². The summed E-state index contributed by atoms with van der Waals surface area (Å²) in [7, 11) is 3.33. The van der Waals surface area contributed by atoms with Crippen molar-refractivity contribution in [2.24, 2.45) is 5.92 Å². The Bertz CT molecular complexity index is 1340. The number of nitrogens with zero attached hydrogens (tertiary/aromatic N) is 3. The van der Waals surface area contributed by atoms with Gasteiger partial charge in [0.2, 0.25) is 0 Å². The molecule has 2 fully saturated rings. The van der Waals surface area contributed by atoms with Crippen LogP contribution in [0.15, 0.2) is 71.0 Å². The fraction of sp³-hybridized carbons (Fsp3) is 0.310. The second-order valence-electron chi connectivity index (χ2n) is 9.82. The number of carbonyl (C=O) groups is 3. The Morgan fingerprint density at radius 1 is 0.946 bits per heavy atom. The number of aliphatic hydroxyl groups excluding tert-OH is 1. The van der Waals surface area contributed by atoms with Crippen molar-refractivity contribution in [1.29, 1.82) is 0 Å². The zero-order valence-corrected chi connectivity index (χ0v) is 20.9. The SMILES string of the molecule is CN(C)C(=O)c1ccc(C(O)=C2C(=O)C(=O)N(c3ccc(-c4ccon4)cc3)C2C2CCCCC2)cc1. The van der Waals surface area contributed by atoms with E-state index < -0.39 is 17.7 Å². The van der Waals surface area contributed by atoms with Crippen LogP contribution < -0.4 is 4.90 Å². The van der Waals surface area contributed by atoms with Gasteiger partial charge in [0.25, 0.3) is 17.6 Å². The highest BCUT2D eigenvalue weighted by molar-refractivity contribution is 6.51. The molecule has 1 unspecified atom stereocenters. The summed E-state index contributed by atoms with van der Waals surface area (Å²) in [4.78, 5) is 42.1. The predicted octanol–water partition coefficient (Wildman–Crippen LogP) is 4.88. The topological polar surface area (TPSA) is 104 Å². The molecule has 1 atom stereocenters. The van der Waals surface area contributed by atoms with Crippen LogP contribution in [0.3, 0.4) is 0 Å². The maximum absolute atomic E-state index is 13.4. The van der Waals surface area contributed by atoms with E-state index in [1.165, 1.54) is 11.2 Å². The fourth-order valence-corrected chi connectivity index (χ4v) is 5.37. The number of hydrogen-bond acceptors (Lipinski definition) is 6. The van der Waals surface area contributed by atoms with Crippen LogP contribution >= 0.6 is 0 Å². The summed E-state index contributed by atoms with van der Waals surface area (Å²) in [6.07, 6.45) is 6.37. The zero-order valence-electron chi connectivity index (χ0n) is 20.9. The summed E-state index contributed by atoms with van der Waals surface area (Å²) >= 11 is 0. The average Bonchev–Trinajstić information content (AvgIpc) is 3.56. The van der Waals surface area contributed by atoms with Crippen molar-refractivity contribution in [3.63, 3.8) is 0 Å². The van der Waals surface area contributed by atoms with E-state index in [4.69, 9.17) is 4.52 Å². The minimum atomic E-state index is -0.693. The van der Waals surface area contributed by atoms with Crippen molar-refractivity contribution in [3.8, 4) is 11.3 Å². The van der Waals surface area contributed by atoms with Crippen LogP contribution in [0.5, 0.6) is 0 Å². The molecule has 2 aliphatic rings. The summed E-state index contributed by atoms with van der Waals surface area (Å²) in [5.41, 5.74) is 3.10. The molecule has 8 heteroatoms. The zero-order chi connectivity index (χ0) is 26.1. The Morgan fingerprint density at radius 3 is 2.19 bits per heavy atom. The van der Waals surface area contributed by atoms with Crippen molar-refractivity contribution in [1.82, 2.24) is 10.1 Å². The van der Waals surface area contributed by atoms with E-state index in [0.29, 0.717) is 22.5 Å². The lowest BCUT2D eigenvalue weighted by molar-refractivity contribution is -0.132. The van der Waals surface area contributed by atoms with Gasteiger partial charge in [-0.15, -0.1) is 0 Å². The average molecular weight is 500 g/mol. The van der Waals surface area contributed by atoms with Crippen LogP contribution in [0.25, 0.3) is 17.0 Å². The first-order chi connectivity index (χ1) is 17.9. The Labute approximate surface area is 215 Å². The van der Waals surface area contributed by atoms with E-state index in [0.717, 1.165) is 37.7 Å². The number of ketones is 1. The molecular weight excluding hydrogens is 470 g/mol. The van der Waals surface area contributed by atoms with E-state index in [1.54, 1.807) is 61.5 Å². The van der Waals surface area contributed by atoms with Crippen LogP contribution in [0.2, 0.25) is 0 Å². The first-order valence-corrected chi connectivity index (χ1v) is 12.5. The highest BCUT2D eigenvalue weighted by atomic mass is 16.5. The van der Waals surface area contributed by atoms with Crippen molar-refractivity contribution >= 4 is 29.0 Å². The summed E-state index contributed by atoms with van der Waals surface area (Å²) in [6.45, 7) is 0. The molecule has 0 spiro atoms. The summed E-state index contributed by atoms with van der Waals surface area (Å²) in [5.74, 6) is -1.66. The minimum absolute atomic E-state index is 0.0473. The first kappa shape index (κ1) is 24.5. The van der Waals surface area contributed by atoms with Gasteiger partial charge in [0.05, 0.1) is 11.6 Å². The molecule has 2 heterocycles. The van der Waals surface area contributed by atoms with Gasteiger partial charge in [0.1, 0.15) is 17.7 Å². The van der Waals surface area contributed by atoms with Gasteiger partial charge in [-0.25, -0.2) is 0 Å². The molecule has 1 aliphatic heterocycles. The number of benzene rings is 2. The molecule has 1 saturated heterocycles. The minimum Gasteiger partial charge on any atom is -0.507 e. The summed E-state index contributed by atoms with van der Waals surface area (Å²) in [5, 5.41) is 15.3. The van der Waals surface area contributed by atoms with E-state index in [1.807, 2.05) is 12.1 Å². The molecule has 5 rings (SSSR count). The van der Waals surface area contributed by atoms with E-state index in [9.17, 15) is 19.5 Å². The normalized spacial score (nSPS) is 19.8. The van der Waals surface area contributed by atoms with Gasteiger partial charge in [-0.05, 0) is 43.0 Å². The largest absolute Gasteiger partial charge is 0.507 e. The molecule has 2 amide bonds. The number of rotatable bonds is 5. The van der Waals surface area contributed by atoms with Crippen LogP contribution in [-0.2, 0) is 9.59 Å². The molecule has 8 nitrogen and oxygen atoms in total.